The van der Waals surface area contributed by atoms with Crippen LogP contribution in [0.5, 0.6) is 0 Å². The highest BCUT2D eigenvalue weighted by Crippen LogP contribution is 2.30. The van der Waals surface area contributed by atoms with Crippen LogP contribution in [0.2, 0.25) is 0 Å². The normalized spacial score (nSPS) is 21.6. The van der Waals surface area contributed by atoms with E-state index in [9.17, 15) is 18.3 Å². The zero-order valence-corrected chi connectivity index (χ0v) is 10.5. The maximum atomic E-state index is 12.6. The van der Waals surface area contributed by atoms with Crippen molar-refractivity contribution in [3.8, 4) is 0 Å². The Morgan fingerprint density at radius 1 is 1.37 bits per heavy atom. The molecule has 1 N–H and O–H groups in total. The van der Waals surface area contributed by atoms with Gasteiger partial charge in [0.05, 0.1) is 11.7 Å². The molecule has 1 aromatic rings. The number of hydrogen-bond donors (Lipinski definition) is 1. The van der Waals surface area contributed by atoms with Gasteiger partial charge in [0.25, 0.3) is 0 Å². The summed E-state index contributed by atoms with van der Waals surface area (Å²) in [5, 5.41) is 9.92. The lowest BCUT2D eigenvalue weighted by Crippen LogP contribution is -2.17. The van der Waals surface area contributed by atoms with Gasteiger partial charge in [-0.2, -0.15) is 13.2 Å². The van der Waals surface area contributed by atoms with Crippen LogP contribution >= 0.6 is 0 Å². The topological polar surface area (TPSA) is 29.5 Å². The highest BCUT2D eigenvalue weighted by Gasteiger charge is 2.30. The molecule has 1 aliphatic heterocycles. The van der Waals surface area contributed by atoms with Gasteiger partial charge in [-0.05, 0) is 36.8 Å². The average molecular weight is 274 g/mol. The van der Waals surface area contributed by atoms with Crippen LogP contribution in [-0.4, -0.2) is 24.4 Å². The predicted molar refractivity (Wildman–Crippen MR) is 64.7 cm³/mol. The molecule has 2 atom stereocenters. The Hall–Kier alpha value is -1.07. The standard InChI is InChI=1S/C14H17F3O2/c15-14(16,17)12-3-1-2-10(6-12)7-13(18)8-11-4-5-19-9-11/h1-3,6,11,13,18H,4-5,7-9H2. The smallest absolute Gasteiger partial charge is 0.393 e. The third-order valence-electron chi connectivity index (χ3n) is 3.36. The van der Waals surface area contributed by atoms with Crippen LogP contribution in [0.1, 0.15) is 24.0 Å². The molecule has 2 unspecified atom stereocenters. The molecule has 0 aliphatic carbocycles. The Morgan fingerprint density at radius 3 is 2.79 bits per heavy atom. The first-order valence-electron chi connectivity index (χ1n) is 6.37. The predicted octanol–water partition coefficient (Wildman–Crippen LogP) is 3.04. The second kappa shape index (κ2) is 5.92. The Bertz CT molecular complexity index is 411. The second-order valence-corrected chi connectivity index (χ2v) is 5.02. The largest absolute Gasteiger partial charge is 0.416 e. The van der Waals surface area contributed by atoms with Crippen LogP contribution < -0.4 is 0 Å². The van der Waals surface area contributed by atoms with Gasteiger partial charge < -0.3 is 9.84 Å². The van der Waals surface area contributed by atoms with Crippen LogP contribution in [0.4, 0.5) is 13.2 Å². The third kappa shape index (κ3) is 4.21. The van der Waals surface area contributed by atoms with Gasteiger partial charge in [-0.3, -0.25) is 0 Å². The number of benzene rings is 1. The molecule has 0 saturated carbocycles. The minimum Gasteiger partial charge on any atom is -0.393 e. The minimum atomic E-state index is -4.33. The van der Waals surface area contributed by atoms with Crippen molar-refractivity contribution in [1.29, 1.82) is 0 Å². The van der Waals surface area contributed by atoms with Crippen LogP contribution in [0, 0.1) is 5.92 Å². The van der Waals surface area contributed by atoms with Gasteiger partial charge in [-0.1, -0.05) is 18.2 Å². The monoisotopic (exact) mass is 274 g/mol. The lowest BCUT2D eigenvalue weighted by Gasteiger charge is -2.15. The second-order valence-electron chi connectivity index (χ2n) is 5.02. The molecule has 2 rings (SSSR count). The van der Waals surface area contributed by atoms with Crippen molar-refractivity contribution >= 4 is 0 Å². The lowest BCUT2D eigenvalue weighted by atomic mass is 9.96. The van der Waals surface area contributed by atoms with Crippen LogP contribution in [0.25, 0.3) is 0 Å². The molecule has 1 fully saturated rings. The quantitative estimate of drug-likeness (QED) is 0.914. The minimum absolute atomic E-state index is 0.250. The highest BCUT2D eigenvalue weighted by atomic mass is 19.4. The van der Waals surface area contributed by atoms with E-state index in [0.29, 0.717) is 31.1 Å². The average Bonchev–Trinajstić information content (AvgIpc) is 2.80. The molecule has 1 aliphatic rings. The maximum absolute atomic E-state index is 12.6. The molecule has 5 heteroatoms. The van der Waals surface area contributed by atoms with Gasteiger partial charge in [0.2, 0.25) is 0 Å². The summed E-state index contributed by atoms with van der Waals surface area (Å²) in [6.45, 7) is 1.35. The number of ether oxygens (including phenoxy) is 1. The van der Waals surface area contributed by atoms with Gasteiger partial charge in [0.1, 0.15) is 0 Å². The van der Waals surface area contributed by atoms with E-state index in [1.54, 1.807) is 6.07 Å². The van der Waals surface area contributed by atoms with Crippen LogP contribution in [0.3, 0.4) is 0 Å². The fourth-order valence-corrected chi connectivity index (χ4v) is 2.38. The van der Waals surface area contributed by atoms with E-state index in [1.165, 1.54) is 6.07 Å². The molecule has 1 heterocycles. The maximum Gasteiger partial charge on any atom is 0.416 e. The fraction of sp³-hybridized carbons (Fsp3) is 0.571. The van der Waals surface area contributed by atoms with E-state index in [4.69, 9.17) is 4.74 Å². The first-order valence-corrected chi connectivity index (χ1v) is 6.37. The van der Waals surface area contributed by atoms with E-state index in [2.05, 4.69) is 0 Å². The van der Waals surface area contributed by atoms with Crippen LogP contribution in [-0.2, 0) is 17.3 Å². The number of aliphatic hydroxyl groups excluding tert-OH is 1. The Balaban J connectivity index is 1.94. The first kappa shape index (κ1) is 14.3. The van der Waals surface area contributed by atoms with Crippen molar-refractivity contribution in [3.05, 3.63) is 35.4 Å². The van der Waals surface area contributed by atoms with Crippen molar-refractivity contribution in [2.75, 3.05) is 13.2 Å². The van der Waals surface area contributed by atoms with Crippen molar-refractivity contribution < 1.29 is 23.0 Å². The van der Waals surface area contributed by atoms with E-state index in [1.807, 2.05) is 0 Å². The number of rotatable bonds is 4. The number of halogens is 3. The van der Waals surface area contributed by atoms with Crippen molar-refractivity contribution in [2.24, 2.45) is 5.92 Å². The number of alkyl halides is 3. The van der Waals surface area contributed by atoms with Crippen molar-refractivity contribution in [1.82, 2.24) is 0 Å². The zero-order chi connectivity index (χ0) is 13.9. The van der Waals surface area contributed by atoms with Crippen molar-refractivity contribution in [3.63, 3.8) is 0 Å². The fourth-order valence-electron chi connectivity index (χ4n) is 2.38. The van der Waals surface area contributed by atoms with Crippen molar-refractivity contribution in [2.45, 2.75) is 31.5 Å². The molecular formula is C14H17F3O2. The van der Waals surface area contributed by atoms with Gasteiger partial charge in [0.15, 0.2) is 0 Å². The molecule has 2 nitrogen and oxygen atoms in total. The number of hydrogen-bond acceptors (Lipinski definition) is 2. The highest BCUT2D eigenvalue weighted by molar-refractivity contribution is 5.26. The lowest BCUT2D eigenvalue weighted by molar-refractivity contribution is -0.137. The van der Waals surface area contributed by atoms with Crippen LogP contribution in [0.15, 0.2) is 24.3 Å². The van der Waals surface area contributed by atoms with Gasteiger partial charge >= 0.3 is 6.18 Å². The third-order valence-corrected chi connectivity index (χ3v) is 3.36. The molecule has 19 heavy (non-hydrogen) atoms. The number of aliphatic hydroxyl groups is 1. The molecule has 0 radical (unpaired) electrons. The molecule has 0 amide bonds. The Morgan fingerprint density at radius 2 is 2.16 bits per heavy atom. The van der Waals surface area contributed by atoms with Gasteiger partial charge in [-0.25, -0.2) is 0 Å². The Labute approximate surface area is 110 Å². The van der Waals surface area contributed by atoms with Gasteiger partial charge in [-0.15, -0.1) is 0 Å². The van der Waals surface area contributed by atoms with E-state index >= 15 is 0 Å². The van der Waals surface area contributed by atoms with E-state index in [0.717, 1.165) is 18.6 Å². The van der Waals surface area contributed by atoms with E-state index in [-0.39, 0.29) is 6.42 Å². The summed E-state index contributed by atoms with van der Waals surface area (Å²) < 4.78 is 42.9. The molecular weight excluding hydrogens is 257 g/mol. The molecule has 1 saturated heterocycles. The molecule has 106 valence electrons. The summed E-state index contributed by atoms with van der Waals surface area (Å²) in [5.74, 6) is 0.320. The Kier molecular flexibility index (Phi) is 4.47. The summed E-state index contributed by atoms with van der Waals surface area (Å²) >= 11 is 0. The summed E-state index contributed by atoms with van der Waals surface area (Å²) in [6, 6.07) is 5.14. The molecule has 0 spiro atoms. The SMILES string of the molecule is OC(Cc1cccc(C(F)(F)F)c1)CC1CCOC1. The zero-order valence-electron chi connectivity index (χ0n) is 10.5. The van der Waals surface area contributed by atoms with E-state index < -0.39 is 17.8 Å². The van der Waals surface area contributed by atoms with Gasteiger partial charge in [0, 0.05) is 13.2 Å². The summed E-state index contributed by atoms with van der Waals surface area (Å²) in [7, 11) is 0. The summed E-state index contributed by atoms with van der Waals surface area (Å²) in [6.07, 6.45) is -3.20. The summed E-state index contributed by atoms with van der Waals surface area (Å²) in [5.41, 5.74) is -0.150. The molecule has 1 aromatic carbocycles. The summed E-state index contributed by atoms with van der Waals surface area (Å²) in [4.78, 5) is 0. The molecule has 0 aromatic heterocycles. The first-order chi connectivity index (χ1) is 8.95. The molecule has 0 bridgehead atoms.